The van der Waals surface area contributed by atoms with Crippen molar-refractivity contribution < 1.29 is 4.74 Å². The summed E-state index contributed by atoms with van der Waals surface area (Å²) >= 11 is 0. The van der Waals surface area contributed by atoms with Crippen LogP contribution in [0.2, 0.25) is 0 Å². The van der Waals surface area contributed by atoms with Crippen molar-refractivity contribution in [3.63, 3.8) is 0 Å². The molecular weight excluding hydrogens is 244 g/mol. The van der Waals surface area contributed by atoms with Crippen LogP contribution >= 0.6 is 0 Å². The molecule has 0 saturated carbocycles. The minimum atomic E-state index is -0.138. The van der Waals surface area contributed by atoms with Crippen molar-refractivity contribution in [2.24, 2.45) is 27.2 Å². The van der Waals surface area contributed by atoms with Gasteiger partial charge in [-0.05, 0) is 23.6 Å². The number of pyridine rings is 1. The van der Waals surface area contributed by atoms with E-state index in [4.69, 9.17) is 21.9 Å². The Hall–Kier alpha value is -2.83. The van der Waals surface area contributed by atoms with Gasteiger partial charge < -0.3 is 21.9 Å². The topological polar surface area (TPSA) is 125 Å². The number of hydrogen-bond donors (Lipinski definition) is 3. The largest absolute Gasteiger partial charge is 0.481 e. The molecule has 0 aliphatic carbocycles. The van der Waals surface area contributed by atoms with Crippen molar-refractivity contribution in [2.75, 3.05) is 7.11 Å². The van der Waals surface area contributed by atoms with E-state index in [1.165, 1.54) is 0 Å². The van der Waals surface area contributed by atoms with Crippen molar-refractivity contribution in [3.8, 4) is 5.88 Å². The minimum absolute atomic E-state index is 0.0118. The fourth-order valence-electron chi connectivity index (χ4n) is 1.65. The van der Waals surface area contributed by atoms with Gasteiger partial charge in [-0.15, -0.1) is 0 Å². The van der Waals surface area contributed by atoms with E-state index in [0.29, 0.717) is 11.6 Å². The summed E-state index contributed by atoms with van der Waals surface area (Å²) in [4.78, 5) is 11.9. The maximum Gasteiger partial charge on any atom is 0.223 e. The zero-order valence-electron chi connectivity index (χ0n) is 10.4. The number of fused-ring (bicyclic) bond motifs is 1. The maximum absolute atomic E-state index is 5.58. The summed E-state index contributed by atoms with van der Waals surface area (Å²) in [5.74, 6) is 0.374. The molecule has 0 unspecified atom stereocenters. The summed E-state index contributed by atoms with van der Waals surface area (Å²) in [7, 11) is 1.56. The number of aromatic nitrogens is 1. The maximum atomic E-state index is 5.58. The third-order valence-corrected chi connectivity index (χ3v) is 2.39. The van der Waals surface area contributed by atoms with Gasteiger partial charge in [-0.25, -0.2) is 9.98 Å². The van der Waals surface area contributed by atoms with E-state index in [-0.39, 0.29) is 11.9 Å². The van der Waals surface area contributed by atoms with Crippen LogP contribution in [0.1, 0.15) is 0 Å². The predicted molar refractivity (Wildman–Crippen MR) is 75.4 cm³/mol. The van der Waals surface area contributed by atoms with Crippen LogP contribution in [-0.2, 0) is 0 Å². The van der Waals surface area contributed by atoms with Crippen LogP contribution in [-0.4, -0.2) is 24.0 Å². The quantitative estimate of drug-likeness (QED) is 0.533. The molecule has 0 atom stereocenters. The Morgan fingerprint density at radius 3 is 2.68 bits per heavy atom. The van der Waals surface area contributed by atoms with Crippen LogP contribution in [0.3, 0.4) is 0 Å². The van der Waals surface area contributed by atoms with Gasteiger partial charge in [0.15, 0.2) is 5.96 Å². The van der Waals surface area contributed by atoms with Gasteiger partial charge in [-0.1, -0.05) is 6.07 Å². The van der Waals surface area contributed by atoms with E-state index in [1.54, 1.807) is 25.4 Å². The first kappa shape index (κ1) is 12.6. The second-order valence-corrected chi connectivity index (χ2v) is 3.73. The summed E-state index contributed by atoms with van der Waals surface area (Å²) in [6.45, 7) is 0. The third-order valence-electron chi connectivity index (χ3n) is 2.39. The van der Waals surface area contributed by atoms with Crippen LogP contribution in [0.5, 0.6) is 5.88 Å². The lowest BCUT2D eigenvalue weighted by Crippen LogP contribution is -2.26. The number of rotatable bonds is 2. The normalized spacial score (nSPS) is 11.3. The number of methoxy groups -OCH3 is 1. The first-order valence-electron chi connectivity index (χ1n) is 5.46. The summed E-state index contributed by atoms with van der Waals surface area (Å²) in [6, 6.07) is 7.37. The number of aliphatic imine (C=N–C) groups is 2. The highest BCUT2D eigenvalue weighted by Crippen LogP contribution is 2.27. The molecule has 0 saturated heterocycles. The Morgan fingerprint density at radius 1 is 1.21 bits per heavy atom. The lowest BCUT2D eigenvalue weighted by Gasteiger charge is -2.04. The van der Waals surface area contributed by atoms with E-state index in [2.05, 4.69) is 15.0 Å². The van der Waals surface area contributed by atoms with Gasteiger partial charge in [0.25, 0.3) is 0 Å². The van der Waals surface area contributed by atoms with Gasteiger partial charge in [0.05, 0.1) is 12.8 Å². The average molecular weight is 258 g/mol. The fraction of sp³-hybridized carbons (Fsp3) is 0.0833. The molecule has 0 spiro atoms. The number of nitrogens with zero attached hydrogens (tertiary/aromatic N) is 3. The van der Waals surface area contributed by atoms with Gasteiger partial charge in [0, 0.05) is 11.6 Å². The number of hydrogen-bond acceptors (Lipinski definition) is 3. The number of benzene rings is 1. The van der Waals surface area contributed by atoms with E-state index in [0.717, 1.165) is 10.8 Å². The summed E-state index contributed by atoms with van der Waals surface area (Å²) in [6.07, 6.45) is 1.68. The Bertz CT molecular complexity index is 660. The van der Waals surface area contributed by atoms with E-state index in [1.807, 2.05) is 12.1 Å². The molecule has 7 nitrogen and oxygen atoms in total. The zero-order chi connectivity index (χ0) is 13.8. The SMILES string of the molecule is COc1nccc2ccc(N=C(N)N=C(N)N)cc12. The first-order valence-corrected chi connectivity index (χ1v) is 5.46. The van der Waals surface area contributed by atoms with Gasteiger partial charge in [-0.2, -0.15) is 4.99 Å². The molecule has 0 aliphatic rings. The molecule has 6 N–H and O–H groups in total. The molecule has 2 rings (SSSR count). The van der Waals surface area contributed by atoms with Crippen LogP contribution in [0.25, 0.3) is 10.8 Å². The molecule has 2 aromatic rings. The lowest BCUT2D eigenvalue weighted by molar-refractivity contribution is 0.403. The fourth-order valence-corrected chi connectivity index (χ4v) is 1.65. The van der Waals surface area contributed by atoms with Crippen LogP contribution in [0.4, 0.5) is 5.69 Å². The van der Waals surface area contributed by atoms with Crippen molar-refractivity contribution >= 4 is 28.4 Å². The molecule has 0 fully saturated rings. The summed E-state index contributed by atoms with van der Waals surface area (Å²) < 4.78 is 5.19. The van der Waals surface area contributed by atoms with Gasteiger partial charge in [-0.3, -0.25) is 0 Å². The second kappa shape index (κ2) is 5.21. The van der Waals surface area contributed by atoms with Gasteiger partial charge >= 0.3 is 0 Å². The molecule has 1 aromatic heterocycles. The van der Waals surface area contributed by atoms with Crippen LogP contribution in [0.15, 0.2) is 40.4 Å². The van der Waals surface area contributed by atoms with Crippen molar-refractivity contribution in [1.29, 1.82) is 0 Å². The average Bonchev–Trinajstić information content (AvgIpc) is 2.36. The molecule has 0 aliphatic heterocycles. The lowest BCUT2D eigenvalue weighted by atomic mass is 10.1. The smallest absolute Gasteiger partial charge is 0.223 e. The highest BCUT2D eigenvalue weighted by atomic mass is 16.5. The monoisotopic (exact) mass is 258 g/mol. The number of ether oxygens (including phenoxy) is 1. The molecule has 98 valence electrons. The van der Waals surface area contributed by atoms with Gasteiger partial charge in [0.1, 0.15) is 0 Å². The molecule has 7 heteroatoms. The van der Waals surface area contributed by atoms with Crippen molar-refractivity contribution in [1.82, 2.24) is 4.98 Å². The van der Waals surface area contributed by atoms with Crippen molar-refractivity contribution in [2.45, 2.75) is 0 Å². The highest BCUT2D eigenvalue weighted by molar-refractivity contribution is 5.95. The standard InChI is InChI=1S/C12H14N6O/c1-19-10-9-6-8(17-12(15)18-11(13)14)3-2-7(9)4-5-16-10/h2-6H,1H3,(H6,13,14,15,17,18). The molecule has 0 amide bonds. The summed E-state index contributed by atoms with van der Waals surface area (Å²) in [5, 5.41) is 1.83. The van der Waals surface area contributed by atoms with Gasteiger partial charge in [0.2, 0.25) is 11.8 Å². The van der Waals surface area contributed by atoms with E-state index >= 15 is 0 Å². The first-order chi connectivity index (χ1) is 9.10. The molecular formula is C12H14N6O. The molecule has 1 heterocycles. The summed E-state index contributed by atoms with van der Waals surface area (Å²) in [5.41, 5.74) is 16.6. The molecule has 19 heavy (non-hydrogen) atoms. The van der Waals surface area contributed by atoms with Crippen LogP contribution in [0, 0.1) is 0 Å². The van der Waals surface area contributed by atoms with Crippen LogP contribution < -0.4 is 21.9 Å². The number of guanidine groups is 2. The Morgan fingerprint density at radius 2 is 2.00 bits per heavy atom. The molecule has 0 bridgehead atoms. The van der Waals surface area contributed by atoms with Crippen molar-refractivity contribution in [3.05, 3.63) is 30.5 Å². The predicted octanol–water partition coefficient (Wildman–Crippen LogP) is 0.463. The highest BCUT2D eigenvalue weighted by Gasteiger charge is 2.03. The Labute approximate surface area is 109 Å². The molecule has 0 radical (unpaired) electrons. The zero-order valence-corrected chi connectivity index (χ0v) is 10.4. The van der Waals surface area contributed by atoms with E-state index < -0.39 is 0 Å². The minimum Gasteiger partial charge on any atom is -0.481 e. The molecule has 1 aromatic carbocycles. The van der Waals surface area contributed by atoms with E-state index in [9.17, 15) is 0 Å². The Balaban J connectivity index is 2.49. The Kier molecular flexibility index (Phi) is 3.46. The number of nitrogens with two attached hydrogens (primary N) is 3. The second-order valence-electron chi connectivity index (χ2n) is 3.73. The third kappa shape index (κ3) is 2.89.